The van der Waals surface area contributed by atoms with Gasteiger partial charge in [-0.25, -0.2) is 9.59 Å². The number of nitrogen functional groups attached to an aromatic ring is 1. The molecule has 0 aliphatic carbocycles. The highest BCUT2D eigenvalue weighted by Gasteiger charge is 2.31. The molecule has 0 aromatic carbocycles. The molecule has 0 bridgehead atoms. The Morgan fingerprint density at radius 2 is 2.04 bits per heavy atom. The standard InChI is InChI=1S/C16H24N2O4S/c1-5-8-21-14(19)12-10-6-7-18(9-11(10)23-13(12)17)15(20)22-16(2,3)4/h5-9,17H2,1-4H3. The quantitative estimate of drug-likeness (QED) is 0.855. The van der Waals surface area contributed by atoms with Gasteiger partial charge in [-0.2, -0.15) is 0 Å². The van der Waals surface area contributed by atoms with Gasteiger partial charge in [0.1, 0.15) is 10.6 Å². The van der Waals surface area contributed by atoms with Crippen molar-refractivity contribution >= 4 is 28.4 Å². The highest BCUT2D eigenvalue weighted by molar-refractivity contribution is 7.16. The highest BCUT2D eigenvalue weighted by atomic mass is 32.1. The van der Waals surface area contributed by atoms with Crippen LogP contribution in [0.25, 0.3) is 0 Å². The zero-order valence-electron chi connectivity index (χ0n) is 14.1. The first-order chi connectivity index (χ1) is 10.7. The van der Waals surface area contributed by atoms with Gasteiger partial charge < -0.3 is 20.1 Å². The third-order valence-corrected chi connectivity index (χ3v) is 4.42. The van der Waals surface area contributed by atoms with Crippen LogP contribution in [-0.2, 0) is 22.4 Å². The van der Waals surface area contributed by atoms with Crippen LogP contribution < -0.4 is 5.73 Å². The largest absolute Gasteiger partial charge is 0.462 e. The lowest BCUT2D eigenvalue weighted by molar-refractivity contribution is 0.0226. The van der Waals surface area contributed by atoms with Gasteiger partial charge in [-0.15, -0.1) is 11.3 Å². The zero-order valence-corrected chi connectivity index (χ0v) is 14.9. The molecule has 1 aromatic rings. The van der Waals surface area contributed by atoms with E-state index < -0.39 is 5.60 Å². The fraction of sp³-hybridized carbons (Fsp3) is 0.625. The number of carbonyl (C=O) groups is 2. The minimum absolute atomic E-state index is 0.342. The van der Waals surface area contributed by atoms with Gasteiger partial charge in [0.25, 0.3) is 0 Å². The molecule has 1 aliphatic heterocycles. The summed E-state index contributed by atoms with van der Waals surface area (Å²) in [6.07, 6.45) is 1.01. The van der Waals surface area contributed by atoms with E-state index in [0.717, 1.165) is 16.9 Å². The van der Waals surface area contributed by atoms with Gasteiger partial charge in [0.15, 0.2) is 0 Å². The van der Waals surface area contributed by atoms with Crippen molar-refractivity contribution in [2.45, 2.75) is 52.7 Å². The molecule has 0 spiro atoms. The summed E-state index contributed by atoms with van der Waals surface area (Å²) in [4.78, 5) is 26.9. The molecule has 23 heavy (non-hydrogen) atoms. The first-order valence-corrected chi connectivity index (χ1v) is 8.59. The minimum Gasteiger partial charge on any atom is -0.462 e. The number of nitrogens with two attached hydrogens (primary N) is 1. The van der Waals surface area contributed by atoms with Crippen molar-refractivity contribution in [2.75, 3.05) is 18.9 Å². The lowest BCUT2D eigenvalue weighted by atomic mass is 10.0. The normalized spacial score (nSPS) is 14.3. The van der Waals surface area contributed by atoms with E-state index in [1.165, 1.54) is 11.3 Å². The van der Waals surface area contributed by atoms with Gasteiger partial charge in [-0.3, -0.25) is 0 Å². The molecule has 128 valence electrons. The Kier molecular flexibility index (Phi) is 5.19. The molecule has 0 fully saturated rings. The summed E-state index contributed by atoms with van der Waals surface area (Å²) in [5.74, 6) is -0.368. The average molecular weight is 340 g/mol. The van der Waals surface area contributed by atoms with Gasteiger partial charge in [0.2, 0.25) is 0 Å². The second-order valence-corrected chi connectivity index (χ2v) is 7.67. The van der Waals surface area contributed by atoms with Crippen LogP contribution >= 0.6 is 11.3 Å². The average Bonchev–Trinajstić information content (AvgIpc) is 2.77. The molecular formula is C16H24N2O4S. The Bertz CT molecular complexity index is 604. The fourth-order valence-electron chi connectivity index (χ4n) is 2.40. The first-order valence-electron chi connectivity index (χ1n) is 7.78. The molecular weight excluding hydrogens is 316 g/mol. The van der Waals surface area contributed by atoms with Gasteiger partial charge >= 0.3 is 12.1 Å². The van der Waals surface area contributed by atoms with Crippen LogP contribution in [0.1, 0.15) is 54.9 Å². The number of hydrogen-bond acceptors (Lipinski definition) is 6. The summed E-state index contributed by atoms with van der Waals surface area (Å²) < 4.78 is 10.6. The molecule has 6 nitrogen and oxygen atoms in total. The molecule has 0 unspecified atom stereocenters. The van der Waals surface area contributed by atoms with Crippen molar-refractivity contribution < 1.29 is 19.1 Å². The summed E-state index contributed by atoms with van der Waals surface area (Å²) in [7, 11) is 0. The lowest BCUT2D eigenvalue weighted by Gasteiger charge is -2.30. The van der Waals surface area contributed by atoms with E-state index in [1.807, 2.05) is 27.7 Å². The summed E-state index contributed by atoms with van der Waals surface area (Å²) in [5, 5.41) is 0.460. The third kappa shape index (κ3) is 4.16. The van der Waals surface area contributed by atoms with Crippen molar-refractivity contribution in [3.05, 3.63) is 16.0 Å². The van der Waals surface area contributed by atoms with E-state index in [9.17, 15) is 9.59 Å². The summed E-state index contributed by atoms with van der Waals surface area (Å²) in [6.45, 7) is 8.76. The topological polar surface area (TPSA) is 81.9 Å². The molecule has 0 radical (unpaired) electrons. The molecule has 0 saturated carbocycles. The Morgan fingerprint density at radius 3 is 2.65 bits per heavy atom. The van der Waals surface area contributed by atoms with Gasteiger partial charge in [-0.1, -0.05) is 6.92 Å². The van der Waals surface area contributed by atoms with E-state index in [-0.39, 0.29) is 12.1 Å². The number of amides is 1. The molecule has 7 heteroatoms. The Hall–Kier alpha value is -1.76. The molecule has 2 N–H and O–H groups in total. The molecule has 2 heterocycles. The van der Waals surface area contributed by atoms with Crippen LogP contribution in [0.5, 0.6) is 0 Å². The van der Waals surface area contributed by atoms with E-state index in [1.54, 1.807) is 4.90 Å². The minimum atomic E-state index is -0.527. The summed E-state index contributed by atoms with van der Waals surface area (Å²) in [6, 6.07) is 0. The number of ether oxygens (including phenoxy) is 2. The van der Waals surface area contributed by atoms with E-state index in [0.29, 0.717) is 36.7 Å². The first kappa shape index (κ1) is 17.6. The van der Waals surface area contributed by atoms with Crippen LogP contribution in [0.15, 0.2) is 0 Å². The molecule has 0 saturated heterocycles. The van der Waals surface area contributed by atoms with Crippen LogP contribution in [0.2, 0.25) is 0 Å². The number of fused-ring (bicyclic) bond motifs is 1. The van der Waals surface area contributed by atoms with Crippen LogP contribution in [0.3, 0.4) is 0 Å². The van der Waals surface area contributed by atoms with Gasteiger partial charge in [0, 0.05) is 11.4 Å². The van der Waals surface area contributed by atoms with Crippen molar-refractivity contribution in [3.63, 3.8) is 0 Å². The van der Waals surface area contributed by atoms with E-state index in [2.05, 4.69) is 0 Å². The number of rotatable bonds is 3. The second-order valence-electron chi connectivity index (χ2n) is 6.53. The van der Waals surface area contributed by atoms with Crippen molar-refractivity contribution in [1.82, 2.24) is 4.90 Å². The number of nitrogens with zero attached hydrogens (tertiary/aromatic N) is 1. The predicted molar refractivity (Wildman–Crippen MR) is 89.7 cm³/mol. The van der Waals surface area contributed by atoms with Crippen LogP contribution in [0, 0.1) is 0 Å². The van der Waals surface area contributed by atoms with E-state index >= 15 is 0 Å². The molecule has 1 aliphatic rings. The summed E-state index contributed by atoms with van der Waals surface area (Å²) in [5.41, 5.74) is 6.86. The fourth-order valence-corrected chi connectivity index (χ4v) is 3.52. The van der Waals surface area contributed by atoms with Crippen LogP contribution in [0.4, 0.5) is 9.80 Å². The third-order valence-electron chi connectivity index (χ3n) is 3.38. The number of anilines is 1. The number of thiophene rings is 1. The number of hydrogen-bond donors (Lipinski definition) is 1. The molecule has 1 amide bonds. The number of esters is 1. The molecule has 0 atom stereocenters. The zero-order chi connectivity index (χ0) is 17.2. The van der Waals surface area contributed by atoms with Crippen molar-refractivity contribution in [1.29, 1.82) is 0 Å². The SMILES string of the molecule is CCCOC(=O)c1c(N)sc2c1CCN(C(=O)OC(C)(C)C)C2. The second kappa shape index (κ2) is 6.78. The summed E-state index contributed by atoms with van der Waals surface area (Å²) >= 11 is 1.35. The maximum Gasteiger partial charge on any atom is 0.410 e. The van der Waals surface area contributed by atoms with Gasteiger partial charge in [-0.05, 0) is 39.2 Å². The maximum absolute atomic E-state index is 12.2. The Morgan fingerprint density at radius 1 is 1.35 bits per heavy atom. The lowest BCUT2D eigenvalue weighted by Crippen LogP contribution is -2.39. The Balaban J connectivity index is 2.14. The smallest absolute Gasteiger partial charge is 0.410 e. The maximum atomic E-state index is 12.2. The number of carbonyl (C=O) groups excluding carboxylic acids is 2. The van der Waals surface area contributed by atoms with Crippen molar-refractivity contribution in [3.8, 4) is 0 Å². The van der Waals surface area contributed by atoms with Gasteiger partial charge in [0.05, 0.1) is 18.7 Å². The predicted octanol–water partition coefficient (Wildman–Crippen LogP) is 3.19. The molecule has 1 aromatic heterocycles. The van der Waals surface area contributed by atoms with Crippen LogP contribution in [-0.4, -0.2) is 35.7 Å². The molecule has 2 rings (SSSR count). The monoisotopic (exact) mass is 340 g/mol. The Labute approximate surface area is 140 Å². The van der Waals surface area contributed by atoms with Crippen molar-refractivity contribution in [2.24, 2.45) is 0 Å². The van der Waals surface area contributed by atoms with E-state index in [4.69, 9.17) is 15.2 Å². The highest BCUT2D eigenvalue weighted by Crippen LogP contribution is 2.36.